The molecule has 0 radical (unpaired) electrons. The number of hydrogen-bond donors (Lipinski definition) is 2. The molecule has 19 heavy (non-hydrogen) atoms. The maximum Gasteiger partial charge on any atom is 0.125 e. The molecule has 100 valence electrons. The van der Waals surface area contributed by atoms with Crippen LogP contribution in [-0.2, 0) is 6.42 Å². The van der Waals surface area contributed by atoms with Gasteiger partial charge in [-0.1, -0.05) is 23.7 Å². The van der Waals surface area contributed by atoms with E-state index in [1.54, 1.807) is 12.1 Å². The highest BCUT2D eigenvalue weighted by atomic mass is 35.5. The zero-order valence-electron chi connectivity index (χ0n) is 10.5. The average Bonchev–Trinajstić information content (AvgIpc) is 2.37. The van der Waals surface area contributed by atoms with Gasteiger partial charge in [0.05, 0.1) is 10.7 Å². The highest BCUT2D eigenvalue weighted by molar-refractivity contribution is 6.33. The molecule has 2 aromatic carbocycles. The third-order valence-corrected chi connectivity index (χ3v) is 3.14. The lowest BCUT2D eigenvalue weighted by molar-refractivity contribution is 0.475. The summed E-state index contributed by atoms with van der Waals surface area (Å²) in [6.45, 7) is 1.99. The molecule has 2 rings (SSSR count). The van der Waals surface area contributed by atoms with E-state index in [1.807, 2.05) is 19.1 Å². The van der Waals surface area contributed by atoms with E-state index in [0.717, 1.165) is 12.0 Å². The van der Waals surface area contributed by atoms with Gasteiger partial charge in [-0.25, -0.2) is 4.39 Å². The maximum atomic E-state index is 13.1. The number of phenols is 1. The number of anilines is 1. The number of halogens is 2. The molecule has 0 aliphatic heterocycles. The van der Waals surface area contributed by atoms with Crippen molar-refractivity contribution in [3.05, 3.63) is 58.9 Å². The molecule has 1 unspecified atom stereocenters. The Balaban J connectivity index is 2.02. The van der Waals surface area contributed by atoms with Crippen molar-refractivity contribution in [2.24, 2.45) is 0 Å². The van der Waals surface area contributed by atoms with Gasteiger partial charge < -0.3 is 10.4 Å². The Hall–Kier alpha value is -1.74. The van der Waals surface area contributed by atoms with Gasteiger partial charge in [0.25, 0.3) is 0 Å². The number of aromatic hydroxyl groups is 1. The van der Waals surface area contributed by atoms with Crippen LogP contribution < -0.4 is 5.32 Å². The first-order valence-corrected chi connectivity index (χ1v) is 6.42. The maximum absolute atomic E-state index is 13.1. The second kappa shape index (κ2) is 5.93. The summed E-state index contributed by atoms with van der Waals surface area (Å²) < 4.78 is 13.1. The largest absolute Gasteiger partial charge is 0.508 e. The van der Waals surface area contributed by atoms with Crippen LogP contribution in [0.4, 0.5) is 10.1 Å². The topological polar surface area (TPSA) is 32.3 Å². The lowest BCUT2D eigenvalue weighted by Gasteiger charge is -2.16. The Morgan fingerprint density at radius 1 is 1.21 bits per heavy atom. The second-order valence-electron chi connectivity index (χ2n) is 4.54. The van der Waals surface area contributed by atoms with Crippen molar-refractivity contribution in [1.82, 2.24) is 0 Å². The molecule has 0 spiro atoms. The number of rotatable bonds is 4. The molecule has 0 fully saturated rings. The Morgan fingerprint density at radius 3 is 2.58 bits per heavy atom. The van der Waals surface area contributed by atoms with Gasteiger partial charge in [-0.15, -0.1) is 0 Å². The van der Waals surface area contributed by atoms with Crippen molar-refractivity contribution in [2.75, 3.05) is 5.32 Å². The quantitative estimate of drug-likeness (QED) is 0.878. The van der Waals surface area contributed by atoms with Crippen LogP contribution in [0.25, 0.3) is 0 Å². The molecule has 0 heterocycles. The van der Waals surface area contributed by atoms with Gasteiger partial charge in [0, 0.05) is 6.04 Å². The predicted molar refractivity (Wildman–Crippen MR) is 76.3 cm³/mol. The summed E-state index contributed by atoms with van der Waals surface area (Å²) in [5.74, 6) is -0.0683. The molecule has 2 aromatic rings. The summed E-state index contributed by atoms with van der Waals surface area (Å²) in [5.41, 5.74) is 1.68. The van der Waals surface area contributed by atoms with Gasteiger partial charge in [0.1, 0.15) is 11.6 Å². The minimum absolute atomic E-state index is 0.101. The van der Waals surface area contributed by atoms with Gasteiger partial charge in [0.15, 0.2) is 0 Å². The predicted octanol–water partition coefficient (Wildman–Crippen LogP) is 4.23. The van der Waals surface area contributed by atoms with Crippen LogP contribution in [0.3, 0.4) is 0 Å². The van der Waals surface area contributed by atoms with Gasteiger partial charge in [-0.3, -0.25) is 0 Å². The fourth-order valence-corrected chi connectivity index (χ4v) is 2.08. The first-order chi connectivity index (χ1) is 9.04. The summed E-state index contributed by atoms with van der Waals surface area (Å²) >= 11 is 6.00. The van der Waals surface area contributed by atoms with Crippen molar-refractivity contribution in [2.45, 2.75) is 19.4 Å². The zero-order valence-corrected chi connectivity index (χ0v) is 11.3. The standard InChI is InChI=1S/C15H15ClFNO/c1-10(8-11-2-5-13(19)6-3-11)18-15-9-12(17)4-7-14(15)16/h2-7,9-10,18-19H,8H2,1H3. The van der Waals surface area contributed by atoms with E-state index < -0.39 is 0 Å². The molecule has 4 heteroatoms. The summed E-state index contributed by atoms with van der Waals surface area (Å²) in [4.78, 5) is 0. The molecule has 1 atom stereocenters. The number of benzene rings is 2. The third kappa shape index (κ3) is 3.86. The molecule has 0 saturated heterocycles. The van der Waals surface area contributed by atoms with Gasteiger partial charge >= 0.3 is 0 Å². The number of nitrogens with one attached hydrogen (secondary N) is 1. The molecule has 0 amide bonds. The molecule has 0 aliphatic rings. The average molecular weight is 280 g/mol. The van der Waals surface area contributed by atoms with Crippen molar-refractivity contribution in [1.29, 1.82) is 0 Å². The Bertz CT molecular complexity index is 557. The molecule has 0 saturated carbocycles. The van der Waals surface area contributed by atoms with Crippen LogP contribution in [0.5, 0.6) is 5.75 Å². The SMILES string of the molecule is CC(Cc1ccc(O)cc1)Nc1cc(F)ccc1Cl. The molecular weight excluding hydrogens is 265 g/mol. The second-order valence-corrected chi connectivity index (χ2v) is 4.95. The van der Waals surface area contributed by atoms with Crippen LogP contribution in [0.2, 0.25) is 5.02 Å². The van der Waals surface area contributed by atoms with Crippen molar-refractivity contribution < 1.29 is 9.50 Å². The smallest absolute Gasteiger partial charge is 0.125 e. The van der Waals surface area contributed by atoms with E-state index in [1.165, 1.54) is 18.2 Å². The summed E-state index contributed by atoms with van der Waals surface area (Å²) in [5, 5.41) is 12.9. The zero-order chi connectivity index (χ0) is 13.8. The van der Waals surface area contributed by atoms with Crippen LogP contribution in [0.15, 0.2) is 42.5 Å². The number of hydrogen-bond acceptors (Lipinski definition) is 2. The lowest BCUT2D eigenvalue weighted by atomic mass is 10.1. The normalized spacial score (nSPS) is 12.2. The first-order valence-electron chi connectivity index (χ1n) is 6.04. The van der Waals surface area contributed by atoms with Crippen LogP contribution in [0.1, 0.15) is 12.5 Å². The minimum atomic E-state index is -0.316. The van der Waals surface area contributed by atoms with E-state index in [4.69, 9.17) is 11.6 Å². The van der Waals surface area contributed by atoms with Crippen molar-refractivity contribution in [3.63, 3.8) is 0 Å². The Morgan fingerprint density at radius 2 is 1.89 bits per heavy atom. The Kier molecular flexibility index (Phi) is 4.27. The molecule has 2 nitrogen and oxygen atoms in total. The molecule has 2 N–H and O–H groups in total. The van der Waals surface area contributed by atoms with Gasteiger partial charge in [-0.05, 0) is 49.2 Å². The fraction of sp³-hybridized carbons (Fsp3) is 0.200. The van der Waals surface area contributed by atoms with Crippen LogP contribution in [0, 0.1) is 5.82 Å². The van der Waals surface area contributed by atoms with E-state index in [-0.39, 0.29) is 17.6 Å². The van der Waals surface area contributed by atoms with E-state index in [9.17, 15) is 9.50 Å². The third-order valence-electron chi connectivity index (χ3n) is 2.81. The van der Waals surface area contributed by atoms with Crippen LogP contribution in [-0.4, -0.2) is 11.1 Å². The molecule has 0 bridgehead atoms. The first kappa shape index (κ1) is 13.7. The summed E-state index contributed by atoms with van der Waals surface area (Å²) in [6, 6.07) is 11.4. The Labute approximate surface area is 116 Å². The van der Waals surface area contributed by atoms with E-state index in [2.05, 4.69) is 5.32 Å². The van der Waals surface area contributed by atoms with Crippen molar-refractivity contribution >= 4 is 17.3 Å². The fourth-order valence-electron chi connectivity index (χ4n) is 1.91. The molecular formula is C15H15ClFNO. The summed E-state index contributed by atoms with van der Waals surface area (Å²) in [6.07, 6.45) is 0.757. The van der Waals surface area contributed by atoms with Gasteiger partial charge in [0.2, 0.25) is 0 Å². The highest BCUT2D eigenvalue weighted by Crippen LogP contribution is 2.23. The van der Waals surface area contributed by atoms with E-state index >= 15 is 0 Å². The van der Waals surface area contributed by atoms with Crippen molar-refractivity contribution in [3.8, 4) is 5.75 Å². The number of phenolic OH excluding ortho intramolecular Hbond substituents is 1. The minimum Gasteiger partial charge on any atom is -0.508 e. The van der Waals surface area contributed by atoms with Crippen LogP contribution >= 0.6 is 11.6 Å². The highest BCUT2D eigenvalue weighted by Gasteiger charge is 2.07. The van der Waals surface area contributed by atoms with E-state index in [0.29, 0.717) is 10.7 Å². The lowest BCUT2D eigenvalue weighted by Crippen LogP contribution is -2.18. The monoisotopic (exact) mass is 279 g/mol. The molecule has 0 aliphatic carbocycles. The molecule has 0 aromatic heterocycles. The van der Waals surface area contributed by atoms with Gasteiger partial charge in [-0.2, -0.15) is 0 Å². The summed E-state index contributed by atoms with van der Waals surface area (Å²) in [7, 11) is 0.